The summed E-state index contributed by atoms with van der Waals surface area (Å²) >= 11 is 1.33. The number of sulfonamides is 1. The zero-order valence-electron chi connectivity index (χ0n) is 15.4. The van der Waals surface area contributed by atoms with Gasteiger partial charge in [0, 0.05) is 31.7 Å². The normalized spacial score (nSPS) is 16.9. The van der Waals surface area contributed by atoms with Crippen LogP contribution in [0.25, 0.3) is 0 Å². The Morgan fingerprint density at radius 2 is 1.89 bits per heavy atom. The topological polar surface area (TPSA) is 81.0 Å². The smallest absolute Gasteiger partial charge is 0.283 e. The van der Waals surface area contributed by atoms with Gasteiger partial charge in [-0.3, -0.25) is 4.79 Å². The van der Waals surface area contributed by atoms with E-state index in [4.69, 9.17) is 4.74 Å². The Labute approximate surface area is 163 Å². The Morgan fingerprint density at radius 3 is 2.48 bits per heavy atom. The Bertz CT molecular complexity index is 984. The zero-order chi connectivity index (χ0) is 19.4. The van der Waals surface area contributed by atoms with E-state index in [0.29, 0.717) is 23.6 Å². The fraction of sp³-hybridized carbons (Fsp3) is 0.444. The fourth-order valence-corrected chi connectivity index (χ4v) is 5.30. The number of benzene rings is 1. The van der Waals surface area contributed by atoms with Gasteiger partial charge in [-0.15, -0.1) is 11.3 Å². The lowest BCUT2D eigenvalue weighted by molar-refractivity contribution is 0.0994. The first kappa shape index (κ1) is 19.8. The van der Waals surface area contributed by atoms with Crippen molar-refractivity contribution in [1.29, 1.82) is 0 Å². The summed E-state index contributed by atoms with van der Waals surface area (Å²) in [4.78, 5) is 17.4. The molecule has 1 aromatic carbocycles. The highest BCUT2D eigenvalue weighted by Gasteiger charge is 2.27. The first-order valence-electron chi connectivity index (χ1n) is 8.81. The van der Waals surface area contributed by atoms with Crippen LogP contribution in [-0.4, -0.2) is 43.4 Å². The van der Waals surface area contributed by atoms with Gasteiger partial charge in [0.1, 0.15) is 5.75 Å². The van der Waals surface area contributed by atoms with Crippen molar-refractivity contribution in [2.75, 3.05) is 20.2 Å². The third-order valence-electron chi connectivity index (χ3n) is 4.56. The molecule has 7 nitrogen and oxygen atoms in total. The third-order valence-corrected chi connectivity index (χ3v) is 7.30. The largest absolute Gasteiger partial charge is 0.496 e. The van der Waals surface area contributed by atoms with Crippen molar-refractivity contribution in [3.8, 4) is 5.75 Å². The lowest BCUT2D eigenvalue weighted by atomic mass is 10.2. The predicted molar refractivity (Wildman–Crippen MR) is 103 cm³/mol. The Hall–Kier alpha value is -1.97. The van der Waals surface area contributed by atoms with Crippen molar-refractivity contribution in [2.45, 2.75) is 30.6 Å². The molecule has 9 heteroatoms. The van der Waals surface area contributed by atoms with E-state index in [-0.39, 0.29) is 10.5 Å². The predicted octanol–water partition coefficient (Wildman–Crippen LogP) is 2.40. The van der Waals surface area contributed by atoms with Gasteiger partial charge in [-0.05, 0) is 31.0 Å². The number of aromatic nitrogens is 1. The number of carbonyl (C=O) groups is 1. The van der Waals surface area contributed by atoms with Crippen LogP contribution in [-0.2, 0) is 17.1 Å². The molecule has 1 amide bonds. The molecule has 1 aromatic heterocycles. The molecule has 1 aliphatic rings. The first-order chi connectivity index (χ1) is 12.9. The maximum absolute atomic E-state index is 13.0. The molecular formula is C18H23N3O4S2. The average molecular weight is 410 g/mol. The summed E-state index contributed by atoms with van der Waals surface area (Å²) in [7, 11) is -0.419. The first-order valence-corrected chi connectivity index (χ1v) is 11.1. The number of hydrogen-bond acceptors (Lipinski definition) is 5. The molecule has 0 unspecified atom stereocenters. The van der Waals surface area contributed by atoms with Crippen molar-refractivity contribution < 1.29 is 17.9 Å². The van der Waals surface area contributed by atoms with Crippen LogP contribution in [0.4, 0.5) is 0 Å². The van der Waals surface area contributed by atoms with E-state index < -0.39 is 15.9 Å². The molecule has 1 aliphatic heterocycles. The summed E-state index contributed by atoms with van der Waals surface area (Å²) < 4.78 is 34.5. The van der Waals surface area contributed by atoms with Gasteiger partial charge in [-0.1, -0.05) is 12.8 Å². The summed E-state index contributed by atoms with van der Waals surface area (Å²) in [5.74, 6) is -0.226. The molecule has 0 saturated carbocycles. The molecule has 1 fully saturated rings. The quantitative estimate of drug-likeness (QED) is 0.777. The fourth-order valence-electron chi connectivity index (χ4n) is 3.03. The molecule has 27 heavy (non-hydrogen) atoms. The van der Waals surface area contributed by atoms with Crippen molar-refractivity contribution in [3.05, 3.63) is 40.1 Å². The summed E-state index contributed by atoms with van der Waals surface area (Å²) in [5.41, 5.74) is 0.141. The number of rotatable bonds is 4. The number of hydrogen-bond donors (Lipinski definition) is 0. The van der Waals surface area contributed by atoms with Gasteiger partial charge in [0.05, 0.1) is 17.6 Å². The molecule has 0 N–H and O–H groups in total. The zero-order valence-corrected chi connectivity index (χ0v) is 17.1. The lowest BCUT2D eigenvalue weighted by Gasteiger charge is -2.20. The van der Waals surface area contributed by atoms with E-state index in [1.165, 1.54) is 41.0 Å². The van der Waals surface area contributed by atoms with E-state index >= 15 is 0 Å². The number of thiazole rings is 1. The number of amides is 1. The Kier molecular flexibility index (Phi) is 6.13. The highest BCUT2D eigenvalue weighted by molar-refractivity contribution is 7.89. The van der Waals surface area contributed by atoms with E-state index in [9.17, 15) is 13.2 Å². The van der Waals surface area contributed by atoms with Gasteiger partial charge in [0.25, 0.3) is 5.91 Å². The summed E-state index contributed by atoms with van der Waals surface area (Å²) in [5, 5.41) is 1.82. The average Bonchev–Trinajstić information content (AvgIpc) is 2.90. The molecule has 146 valence electrons. The van der Waals surface area contributed by atoms with Crippen molar-refractivity contribution >= 4 is 27.3 Å². The maximum atomic E-state index is 13.0. The number of methoxy groups -OCH3 is 1. The van der Waals surface area contributed by atoms with Crippen LogP contribution >= 0.6 is 11.3 Å². The van der Waals surface area contributed by atoms with Gasteiger partial charge >= 0.3 is 0 Å². The summed E-state index contributed by atoms with van der Waals surface area (Å²) in [6, 6.07) is 4.38. The molecule has 0 spiro atoms. The van der Waals surface area contributed by atoms with E-state index in [2.05, 4.69) is 4.99 Å². The summed E-state index contributed by atoms with van der Waals surface area (Å²) in [6.07, 6.45) is 5.58. The highest BCUT2D eigenvalue weighted by atomic mass is 32.2. The maximum Gasteiger partial charge on any atom is 0.283 e. The van der Waals surface area contributed by atoms with Crippen LogP contribution in [0.1, 0.15) is 36.0 Å². The third kappa shape index (κ3) is 4.31. The van der Waals surface area contributed by atoms with Crippen molar-refractivity contribution in [3.63, 3.8) is 0 Å². The number of carbonyl (C=O) groups excluding carboxylic acids is 1. The van der Waals surface area contributed by atoms with Crippen molar-refractivity contribution in [2.24, 2.45) is 12.0 Å². The molecule has 0 radical (unpaired) electrons. The van der Waals surface area contributed by atoms with E-state index in [1.807, 2.05) is 5.38 Å². The van der Waals surface area contributed by atoms with Crippen molar-refractivity contribution in [1.82, 2.24) is 8.87 Å². The van der Waals surface area contributed by atoms with Crippen LogP contribution in [0.3, 0.4) is 0 Å². The highest BCUT2D eigenvalue weighted by Crippen LogP contribution is 2.26. The molecule has 0 aliphatic carbocycles. The van der Waals surface area contributed by atoms with Crippen LogP contribution in [0.15, 0.2) is 39.7 Å². The van der Waals surface area contributed by atoms with Crippen LogP contribution in [0.2, 0.25) is 0 Å². The molecular weight excluding hydrogens is 386 g/mol. The van der Waals surface area contributed by atoms with Gasteiger partial charge in [-0.2, -0.15) is 9.30 Å². The standard InChI is InChI=1S/C18H23N3O4S2/c1-20-11-12-26-18(20)19-17(22)15-13-14(7-8-16(15)25-2)27(23,24)21-9-5-3-4-6-10-21/h7-8,11-13H,3-6,9-10H2,1-2H3. The molecule has 0 bridgehead atoms. The molecule has 3 rings (SSSR count). The van der Waals surface area contributed by atoms with Gasteiger partial charge in [-0.25, -0.2) is 8.42 Å². The Morgan fingerprint density at radius 1 is 1.19 bits per heavy atom. The van der Waals surface area contributed by atoms with Crippen LogP contribution in [0, 0.1) is 0 Å². The van der Waals surface area contributed by atoms with E-state index in [0.717, 1.165) is 25.7 Å². The second kappa shape index (κ2) is 8.37. The Balaban J connectivity index is 2.00. The second-order valence-corrected chi connectivity index (χ2v) is 9.20. The minimum Gasteiger partial charge on any atom is -0.496 e. The minimum atomic E-state index is -3.66. The molecule has 1 saturated heterocycles. The molecule has 2 aromatic rings. The van der Waals surface area contributed by atoms with Gasteiger partial charge < -0.3 is 9.30 Å². The number of nitrogens with zero attached hydrogens (tertiary/aromatic N) is 3. The van der Waals surface area contributed by atoms with Crippen LogP contribution in [0.5, 0.6) is 5.75 Å². The van der Waals surface area contributed by atoms with E-state index in [1.54, 1.807) is 17.8 Å². The second-order valence-electron chi connectivity index (χ2n) is 6.39. The monoisotopic (exact) mass is 409 g/mol. The van der Waals surface area contributed by atoms with Gasteiger partial charge in [0.15, 0.2) is 4.80 Å². The molecule has 0 atom stereocenters. The minimum absolute atomic E-state index is 0.0966. The van der Waals surface area contributed by atoms with Gasteiger partial charge in [0.2, 0.25) is 10.0 Å². The lowest BCUT2D eigenvalue weighted by Crippen LogP contribution is -2.32. The number of ether oxygens (including phenoxy) is 1. The molecule has 2 heterocycles. The SMILES string of the molecule is COc1ccc(S(=O)(=O)N2CCCCCC2)cc1C(=O)N=c1sccn1C. The van der Waals surface area contributed by atoms with Crippen LogP contribution < -0.4 is 9.54 Å². The summed E-state index contributed by atoms with van der Waals surface area (Å²) in [6.45, 7) is 1.01. The number of aryl methyl sites for hydroxylation is 1.